The number of rotatable bonds is 7. The number of nitrogens with zero attached hydrogens (tertiary/aromatic N) is 3. The van der Waals surface area contributed by atoms with E-state index < -0.39 is 0 Å². The van der Waals surface area contributed by atoms with E-state index in [0.29, 0.717) is 34.7 Å². The number of ether oxygens (including phenoxy) is 3. The van der Waals surface area contributed by atoms with Crippen LogP contribution in [0.5, 0.6) is 17.2 Å². The third kappa shape index (κ3) is 4.35. The van der Waals surface area contributed by atoms with Gasteiger partial charge in [-0.1, -0.05) is 12.1 Å². The third-order valence-corrected chi connectivity index (χ3v) is 3.77. The van der Waals surface area contributed by atoms with Crippen molar-refractivity contribution >= 4 is 23.1 Å². The Labute approximate surface area is 157 Å². The van der Waals surface area contributed by atoms with Gasteiger partial charge in [0.1, 0.15) is 0 Å². The predicted molar refractivity (Wildman–Crippen MR) is 104 cm³/mol. The van der Waals surface area contributed by atoms with E-state index >= 15 is 0 Å². The molecule has 0 aliphatic heterocycles. The lowest BCUT2D eigenvalue weighted by Crippen LogP contribution is -2.03. The van der Waals surface area contributed by atoms with Crippen molar-refractivity contribution in [1.82, 2.24) is 15.2 Å². The molecule has 0 aliphatic rings. The van der Waals surface area contributed by atoms with Gasteiger partial charge in [-0.3, -0.25) is 0 Å². The summed E-state index contributed by atoms with van der Waals surface area (Å²) >= 11 is 0. The maximum atomic E-state index is 5.37. The molecule has 0 saturated carbocycles. The Morgan fingerprint density at radius 3 is 2.22 bits per heavy atom. The molecule has 2 aromatic carbocycles. The number of hydrogen-bond donors (Lipinski definition) is 2. The molecule has 0 unspecified atom stereocenters. The number of benzene rings is 2. The van der Waals surface area contributed by atoms with Gasteiger partial charge >= 0.3 is 0 Å². The van der Waals surface area contributed by atoms with Crippen LogP contribution in [0, 0.1) is 6.92 Å². The van der Waals surface area contributed by atoms with Gasteiger partial charge in [-0.25, -0.2) is 0 Å². The quantitative estimate of drug-likeness (QED) is 0.653. The molecule has 0 radical (unpaired) electrons. The predicted octanol–water partition coefficient (Wildman–Crippen LogP) is 3.69. The van der Waals surface area contributed by atoms with E-state index in [9.17, 15) is 0 Å². The van der Waals surface area contributed by atoms with Crippen LogP contribution in [0.2, 0.25) is 0 Å². The molecule has 3 rings (SSSR count). The normalized spacial score (nSPS) is 10.2. The molecule has 0 fully saturated rings. The molecule has 1 aromatic heterocycles. The Kier molecular flexibility index (Phi) is 5.55. The minimum Gasteiger partial charge on any atom is -0.493 e. The molecule has 2 N–H and O–H groups in total. The van der Waals surface area contributed by atoms with Gasteiger partial charge in [-0.2, -0.15) is 10.1 Å². The van der Waals surface area contributed by atoms with Crippen LogP contribution in [0.4, 0.5) is 23.1 Å². The number of aromatic nitrogens is 3. The third-order valence-electron chi connectivity index (χ3n) is 3.77. The van der Waals surface area contributed by atoms with Gasteiger partial charge in [-0.05, 0) is 24.6 Å². The van der Waals surface area contributed by atoms with Gasteiger partial charge in [0.2, 0.25) is 11.7 Å². The fraction of sp³-hybridized carbons (Fsp3) is 0.211. The van der Waals surface area contributed by atoms with Crippen LogP contribution in [0.15, 0.2) is 42.6 Å². The maximum absolute atomic E-state index is 5.37. The van der Waals surface area contributed by atoms with Crippen LogP contribution in [-0.2, 0) is 0 Å². The standard InChI is InChI=1S/C19H21N5O3/c1-12-6-5-7-13(8-12)22-19-23-17(11-20-24-19)21-14-9-15(25-2)18(27-4)16(10-14)26-3/h5-11H,1-4H3,(H2,21,22,23,24). The summed E-state index contributed by atoms with van der Waals surface area (Å²) in [6, 6.07) is 11.5. The van der Waals surface area contributed by atoms with Crippen LogP contribution < -0.4 is 24.8 Å². The number of hydrogen-bond acceptors (Lipinski definition) is 8. The van der Waals surface area contributed by atoms with E-state index in [1.165, 1.54) is 6.20 Å². The highest BCUT2D eigenvalue weighted by Crippen LogP contribution is 2.40. The largest absolute Gasteiger partial charge is 0.493 e. The summed E-state index contributed by atoms with van der Waals surface area (Å²) in [6.07, 6.45) is 1.53. The lowest BCUT2D eigenvalue weighted by atomic mass is 10.2. The molecule has 0 bridgehead atoms. The number of anilines is 4. The van der Waals surface area contributed by atoms with Gasteiger partial charge in [0.15, 0.2) is 17.3 Å². The van der Waals surface area contributed by atoms with Gasteiger partial charge in [0, 0.05) is 23.5 Å². The van der Waals surface area contributed by atoms with Crippen molar-refractivity contribution in [3.63, 3.8) is 0 Å². The second-order valence-electron chi connectivity index (χ2n) is 5.70. The summed E-state index contributed by atoms with van der Waals surface area (Å²) in [4.78, 5) is 4.44. The van der Waals surface area contributed by atoms with Crippen LogP contribution in [0.3, 0.4) is 0 Å². The lowest BCUT2D eigenvalue weighted by molar-refractivity contribution is 0.324. The molecule has 0 saturated heterocycles. The second-order valence-corrected chi connectivity index (χ2v) is 5.70. The van der Waals surface area contributed by atoms with Crippen molar-refractivity contribution in [3.8, 4) is 17.2 Å². The summed E-state index contributed by atoms with van der Waals surface area (Å²) in [6.45, 7) is 2.02. The average molecular weight is 367 g/mol. The summed E-state index contributed by atoms with van der Waals surface area (Å²) in [7, 11) is 4.69. The van der Waals surface area contributed by atoms with Gasteiger partial charge < -0.3 is 24.8 Å². The van der Waals surface area contributed by atoms with Crippen molar-refractivity contribution in [2.45, 2.75) is 6.92 Å². The second kappa shape index (κ2) is 8.22. The highest BCUT2D eigenvalue weighted by molar-refractivity contribution is 5.67. The Bertz CT molecular complexity index is 908. The lowest BCUT2D eigenvalue weighted by Gasteiger charge is -2.15. The molecule has 1 heterocycles. The van der Waals surface area contributed by atoms with Gasteiger partial charge in [0.25, 0.3) is 0 Å². The van der Waals surface area contributed by atoms with Crippen molar-refractivity contribution in [2.75, 3.05) is 32.0 Å². The number of nitrogens with one attached hydrogen (secondary N) is 2. The molecular formula is C19H21N5O3. The summed E-state index contributed by atoms with van der Waals surface area (Å²) in [5.74, 6) is 2.51. The number of aryl methyl sites for hydroxylation is 1. The molecule has 8 nitrogen and oxygen atoms in total. The fourth-order valence-corrected chi connectivity index (χ4v) is 2.57. The van der Waals surface area contributed by atoms with E-state index in [-0.39, 0.29) is 0 Å². The molecule has 140 valence electrons. The zero-order chi connectivity index (χ0) is 19.2. The minimum atomic E-state index is 0.387. The van der Waals surface area contributed by atoms with Crippen LogP contribution in [0.25, 0.3) is 0 Å². The average Bonchev–Trinajstić information content (AvgIpc) is 2.67. The fourth-order valence-electron chi connectivity index (χ4n) is 2.57. The zero-order valence-electron chi connectivity index (χ0n) is 15.6. The molecule has 3 aromatic rings. The molecule has 0 atom stereocenters. The summed E-state index contributed by atoms with van der Waals surface area (Å²) < 4.78 is 16.1. The molecule has 0 aliphatic carbocycles. The zero-order valence-corrected chi connectivity index (χ0v) is 15.6. The Balaban J connectivity index is 1.84. The topological polar surface area (TPSA) is 90.4 Å². The van der Waals surface area contributed by atoms with Crippen molar-refractivity contribution in [2.24, 2.45) is 0 Å². The van der Waals surface area contributed by atoms with Gasteiger partial charge in [-0.15, -0.1) is 5.10 Å². The molecular weight excluding hydrogens is 346 g/mol. The monoisotopic (exact) mass is 367 g/mol. The first-order chi connectivity index (χ1) is 13.1. The van der Waals surface area contributed by atoms with Crippen molar-refractivity contribution < 1.29 is 14.2 Å². The van der Waals surface area contributed by atoms with E-state index in [1.807, 2.05) is 31.2 Å². The Hall–Kier alpha value is -3.55. The summed E-state index contributed by atoms with van der Waals surface area (Å²) in [5.41, 5.74) is 2.74. The maximum Gasteiger partial charge on any atom is 0.249 e. The number of methoxy groups -OCH3 is 3. The van der Waals surface area contributed by atoms with Crippen LogP contribution in [-0.4, -0.2) is 36.5 Å². The smallest absolute Gasteiger partial charge is 0.249 e. The van der Waals surface area contributed by atoms with Crippen molar-refractivity contribution in [1.29, 1.82) is 0 Å². The van der Waals surface area contributed by atoms with E-state index in [4.69, 9.17) is 14.2 Å². The van der Waals surface area contributed by atoms with Crippen molar-refractivity contribution in [3.05, 3.63) is 48.2 Å². The highest BCUT2D eigenvalue weighted by atomic mass is 16.5. The Morgan fingerprint density at radius 2 is 1.59 bits per heavy atom. The van der Waals surface area contributed by atoms with E-state index in [0.717, 1.165) is 11.3 Å². The van der Waals surface area contributed by atoms with Crippen LogP contribution in [0.1, 0.15) is 5.56 Å². The Morgan fingerprint density at radius 1 is 0.852 bits per heavy atom. The molecule has 8 heteroatoms. The van der Waals surface area contributed by atoms with Gasteiger partial charge in [0.05, 0.1) is 27.5 Å². The minimum absolute atomic E-state index is 0.387. The van der Waals surface area contributed by atoms with E-state index in [1.54, 1.807) is 33.5 Å². The SMILES string of the molecule is COc1cc(Nc2cnnc(Nc3cccc(C)c3)n2)cc(OC)c1OC. The molecule has 0 spiro atoms. The molecule has 0 amide bonds. The first-order valence-electron chi connectivity index (χ1n) is 8.23. The summed E-state index contributed by atoms with van der Waals surface area (Å²) in [5, 5.41) is 14.3. The van der Waals surface area contributed by atoms with E-state index in [2.05, 4.69) is 25.8 Å². The van der Waals surface area contributed by atoms with Crippen LogP contribution >= 0.6 is 0 Å². The highest BCUT2D eigenvalue weighted by Gasteiger charge is 2.13. The first kappa shape index (κ1) is 18.2. The first-order valence-corrected chi connectivity index (χ1v) is 8.23. The molecule has 27 heavy (non-hydrogen) atoms.